The summed E-state index contributed by atoms with van der Waals surface area (Å²) >= 11 is 0. The number of phenols is 1. The summed E-state index contributed by atoms with van der Waals surface area (Å²) in [6.07, 6.45) is 2.19. The first-order valence-corrected chi connectivity index (χ1v) is 13.5. The average Bonchev–Trinajstić information content (AvgIpc) is 3.36. The number of fused-ring (bicyclic) bond motifs is 2. The molecule has 0 atom stereocenters. The van der Waals surface area contributed by atoms with Crippen LogP contribution >= 0.6 is 0 Å². The van der Waals surface area contributed by atoms with Crippen LogP contribution in [0.15, 0.2) is 60.8 Å². The lowest BCUT2D eigenvalue weighted by Gasteiger charge is -2.19. The van der Waals surface area contributed by atoms with Crippen LogP contribution in [0.25, 0.3) is 33.2 Å². The summed E-state index contributed by atoms with van der Waals surface area (Å²) in [4.78, 5) is 34.3. The molecular weight excluding hydrogens is 536 g/mol. The standard InChI is InChI=1S/C31H32N6O5/c1-6-8-27(39)33-20-10-7-9-18(13-20)28-35-23-16-26(41-5)25(38)15-22(23)29(36-28)34-21-11-12-24-19(14-21)17-32-37(24)30(40)42-31(2,3)4/h7,9-17,38H,6,8H2,1-5H3,(H,33,39)(H,34,35,36). The number of amides is 1. The summed E-state index contributed by atoms with van der Waals surface area (Å²) < 4.78 is 12.0. The SMILES string of the molecule is CCCC(=O)Nc1cccc(-c2nc(Nc3ccc4c(cnn4C(=O)OC(C)(C)C)c3)c3cc(O)c(OC)cc3n2)c1. The van der Waals surface area contributed by atoms with Crippen LogP contribution in [0.2, 0.25) is 0 Å². The number of hydrogen-bond acceptors (Lipinski definition) is 9. The van der Waals surface area contributed by atoms with Gasteiger partial charge in [-0.3, -0.25) is 4.79 Å². The minimum Gasteiger partial charge on any atom is -0.504 e. The molecule has 42 heavy (non-hydrogen) atoms. The molecule has 3 aromatic carbocycles. The van der Waals surface area contributed by atoms with E-state index in [1.54, 1.807) is 51.2 Å². The highest BCUT2D eigenvalue weighted by Gasteiger charge is 2.20. The molecule has 11 heteroatoms. The second-order valence-electron chi connectivity index (χ2n) is 10.8. The van der Waals surface area contributed by atoms with Crippen molar-refractivity contribution in [2.45, 2.75) is 46.1 Å². The van der Waals surface area contributed by atoms with Crippen molar-refractivity contribution in [1.82, 2.24) is 19.7 Å². The van der Waals surface area contributed by atoms with E-state index in [4.69, 9.17) is 19.4 Å². The predicted octanol–water partition coefficient (Wildman–Crippen LogP) is 6.63. The maximum Gasteiger partial charge on any atom is 0.435 e. The van der Waals surface area contributed by atoms with Crippen LogP contribution < -0.4 is 15.4 Å². The summed E-state index contributed by atoms with van der Waals surface area (Å²) in [7, 11) is 1.47. The van der Waals surface area contributed by atoms with Crippen molar-refractivity contribution in [3.63, 3.8) is 0 Å². The quantitative estimate of drug-likeness (QED) is 0.197. The van der Waals surface area contributed by atoms with Gasteiger partial charge in [0, 0.05) is 40.2 Å². The van der Waals surface area contributed by atoms with Crippen molar-refractivity contribution in [3.8, 4) is 22.9 Å². The Labute approximate surface area is 242 Å². The number of anilines is 3. The summed E-state index contributed by atoms with van der Waals surface area (Å²) in [5.74, 6) is 0.992. The van der Waals surface area contributed by atoms with Crippen molar-refractivity contribution >= 4 is 51.0 Å². The Kier molecular flexibility index (Phi) is 7.66. The number of nitrogens with zero attached hydrogens (tertiary/aromatic N) is 4. The van der Waals surface area contributed by atoms with Gasteiger partial charge in [-0.05, 0) is 63.6 Å². The van der Waals surface area contributed by atoms with Crippen molar-refractivity contribution in [3.05, 3.63) is 60.8 Å². The number of carbonyl (C=O) groups excluding carboxylic acids is 2. The summed E-state index contributed by atoms with van der Waals surface area (Å²) in [5, 5.41) is 22.2. The Morgan fingerprint density at radius 2 is 1.83 bits per heavy atom. The van der Waals surface area contributed by atoms with Gasteiger partial charge in [0.2, 0.25) is 5.91 Å². The third-order valence-corrected chi connectivity index (χ3v) is 6.28. The summed E-state index contributed by atoms with van der Waals surface area (Å²) in [6.45, 7) is 7.34. The molecule has 2 aromatic heterocycles. The Morgan fingerprint density at radius 1 is 1.02 bits per heavy atom. The first kappa shape index (κ1) is 28.3. The van der Waals surface area contributed by atoms with Gasteiger partial charge in [0.25, 0.3) is 0 Å². The fraction of sp³-hybridized carbons (Fsp3) is 0.258. The number of ether oxygens (including phenoxy) is 2. The normalized spacial score (nSPS) is 11.5. The van der Waals surface area contributed by atoms with E-state index < -0.39 is 11.7 Å². The van der Waals surface area contributed by atoms with Crippen LogP contribution in [0.3, 0.4) is 0 Å². The number of nitrogens with one attached hydrogen (secondary N) is 2. The molecule has 5 aromatic rings. The molecule has 0 aliphatic heterocycles. The molecule has 0 saturated heterocycles. The molecule has 0 aliphatic carbocycles. The average molecular weight is 569 g/mol. The number of benzene rings is 3. The van der Waals surface area contributed by atoms with E-state index >= 15 is 0 Å². The number of phenolic OH excluding ortho intramolecular Hbond substituents is 1. The lowest BCUT2D eigenvalue weighted by atomic mass is 10.1. The van der Waals surface area contributed by atoms with Crippen LogP contribution in [-0.4, -0.2) is 49.6 Å². The van der Waals surface area contributed by atoms with E-state index in [0.29, 0.717) is 56.8 Å². The Balaban J connectivity index is 1.54. The lowest BCUT2D eigenvalue weighted by molar-refractivity contribution is -0.116. The summed E-state index contributed by atoms with van der Waals surface area (Å²) in [5.41, 5.74) is 2.48. The zero-order valence-corrected chi connectivity index (χ0v) is 24.1. The van der Waals surface area contributed by atoms with Gasteiger partial charge >= 0.3 is 6.09 Å². The fourth-order valence-corrected chi connectivity index (χ4v) is 4.42. The molecule has 0 unspecified atom stereocenters. The van der Waals surface area contributed by atoms with Gasteiger partial charge in [-0.2, -0.15) is 9.78 Å². The van der Waals surface area contributed by atoms with Crippen LogP contribution in [-0.2, 0) is 9.53 Å². The molecule has 3 N–H and O–H groups in total. The van der Waals surface area contributed by atoms with Gasteiger partial charge in [-0.1, -0.05) is 19.1 Å². The molecule has 0 aliphatic rings. The summed E-state index contributed by atoms with van der Waals surface area (Å²) in [6, 6.07) is 15.9. The highest BCUT2D eigenvalue weighted by atomic mass is 16.6. The molecule has 1 amide bonds. The van der Waals surface area contributed by atoms with Crippen molar-refractivity contribution in [2.24, 2.45) is 0 Å². The highest BCUT2D eigenvalue weighted by molar-refractivity contribution is 5.96. The van der Waals surface area contributed by atoms with Crippen molar-refractivity contribution < 1.29 is 24.2 Å². The zero-order chi connectivity index (χ0) is 30.0. The van der Waals surface area contributed by atoms with Gasteiger partial charge < -0.3 is 25.2 Å². The minimum absolute atomic E-state index is 0.0564. The molecule has 0 bridgehead atoms. The Hall–Kier alpha value is -5.19. The van der Waals surface area contributed by atoms with Crippen LogP contribution in [0, 0.1) is 0 Å². The van der Waals surface area contributed by atoms with E-state index in [1.807, 2.05) is 37.3 Å². The first-order valence-electron chi connectivity index (χ1n) is 13.5. The minimum atomic E-state index is -0.655. The largest absolute Gasteiger partial charge is 0.504 e. The van der Waals surface area contributed by atoms with E-state index in [-0.39, 0.29) is 17.4 Å². The van der Waals surface area contributed by atoms with E-state index in [2.05, 4.69) is 15.7 Å². The Morgan fingerprint density at radius 3 is 2.57 bits per heavy atom. The van der Waals surface area contributed by atoms with Gasteiger partial charge in [-0.25, -0.2) is 14.8 Å². The predicted molar refractivity (Wildman–Crippen MR) is 161 cm³/mol. The molecule has 11 nitrogen and oxygen atoms in total. The topological polar surface area (TPSA) is 140 Å². The van der Waals surface area contributed by atoms with Gasteiger partial charge in [0.05, 0.1) is 24.3 Å². The van der Waals surface area contributed by atoms with Gasteiger partial charge in [0.15, 0.2) is 17.3 Å². The number of aromatic hydroxyl groups is 1. The van der Waals surface area contributed by atoms with Gasteiger partial charge in [0.1, 0.15) is 11.4 Å². The fourth-order valence-electron chi connectivity index (χ4n) is 4.42. The van der Waals surface area contributed by atoms with Crippen LogP contribution in [0.5, 0.6) is 11.5 Å². The van der Waals surface area contributed by atoms with E-state index in [1.165, 1.54) is 11.8 Å². The number of methoxy groups -OCH3 is 1. The molecule has 0 radical (unpaired) electrons. The van der Waals surface area contributed by atoms with Crippen molar-refractivity contribution in [2.75, 3.05) is 17.7 Å². The smallest absolute Gasteiger partial charge is 0.435 e. The molecule has 216 valence electrons. The first-order chi connectivity index (χ1) is 20.0. The molecule has 5 rings (SSSR count). The highest BCUT2D eigenvalue weighted by Crippen LogP contribution is 2.36. The van der Waals surface area contributed by atoms with E-state index in [0.717, 1.165) is 6.42 Å². The lowest BCUT2D eigenvalue weighted by Crippen LogP contribution is -2.27. The maximum absolute atomic E-state index is 12.6. The molecule has 0 fully saturated rings. The van der Waals surface area contributed by atoms with E-state index in [9.17, 15) is 14.7 Å². The number of carbonyl (C=O) groups is 2. The van der Waals surface area contributed by atoms with Gasteiger partial charge in [-0.15, -0.1) is 0 Å². The zero-order valence-electron chi connectivity index (χ0n) is 24.1. The Bertz CT molecular complexity index is 1810. The van der Waals surface area contributed by atoms with Crippen LogP contribution in [0.1, 0.15) is 40.5 Å². The number of hydrogen-bond donors (Lipinski definition) is 3. The molecule has 0 saturated carbocycles. The second kappa shape index (κ2) is 11.4. The van der Waals surface area contributed by atoms with Crippen LogP contribution in [0.4, 0.5) is 22.0 Å². The van der Waals surface area contributed by atoms with Crippen molar-refractivity contribution in [1.29, 1.82) is 0 Å². The third kappa shape index (κ3) is 6.09. The number of aromatic nitrogens is 4. The third-order valence-electron chi connectivity index (χ3n) is 6.28. The molecule has 2 heterocycles. The number of rotatable bonds is 7. The monoisotopic (exact) mass is 568 g/mol. The maximum atomic E-state index is 12.6. The second-order valence-corrected chi connectivity index (χ2v) is 10.8. The molecular formula is C31H32N6O5. The molecule has 0 spiro atoms.